The molecule has 0 aliphatic carbocycles. The van der Waals surface area contributed by atoms with Crippen LogP contribution in [0.1, 0.15) is 52.9 Å². The highest BCUT2D eigenvalue weighted by Crippen LogP contribution is 2.29. The summed E-state index contributed by atoms with van der Waals surface area (Å²) in [6.07, 6.45) is 6.17. The van der Waals surface area contributed by atoms with E-state index in [1.165, 1.54) is 25.7 Å². The van der Waals surface area contributed by atoms with Gasteiger partial charge in [0.05, 0.1) is 13.2 Å². The molecule has 0 bridgehead atoms. The maximum absolute atomic E-state index is 13.3. The summed E-state index contributed by atoms with van der Waals surface area (Å²) in [5.74, 6) is -1.71. The molecule has 0 N–H and O–H groups in total. The summed E-state index contributed by atoms with van der Waals surface area (Å²) < 4.78 is 49.5. The summed E-state index contributed by atoms with van der Waals surface area (Å²) in [6.45, 7) is 5.62. The Morgan fingerprint density at radius 1 is 1.17 bits per heavy atom. The van der Waals surface area contributed by atoms with Gasteiger partial charge in [0.2, 0.25) is 0 Å². The van der Waals surface area contributed by atoms with Gasteiger partial charge in [-0.3, -0.25) is 0 Å². The fraction of sp³-hybridized carbons (Fsp3) is 0.778. The number of allylic oxidation sites excluding steroid dienone is 3. The lowest BCUT2D eigenvalue weighted by Crippen LogP contribution is -2.36. The van der Waals surface area contributed by atoms with Crippen molar-refractivity contribution in [3.05, 3.63) is 23.3 Å². The van der Waals surface area contributed by atoms with E-state index in [9.17, 15) is 13.2 Å². The summed E-state index contributed by atoms with van der Waals surface area (Å²) in [4.78, 5) is 0. The average Bonchev–Trinajstić information content (AvgIpc) is 2.58. The van der Waals surface area contributed by atoms with Gasteiger partial charge in [-0.25, -0.2) is 13.2 Å². The average molecular weight is 334 g/mol. The summed E-state index contributed by atoms with van der Waals surface area (Å²) >= 11 is 0. The molecule has 1 aliphatic rings. The highest BCUT2D eigenvalue weighted by molar-refractivity contribution is 5.21. The van der Waals surface area contributed by atoms with Crippen molar-refractivity contribution in [3.63, 3.8) is 0 Å². The number of hydrogen-bond donors (Lipinski definition) is 0. The quantitative estimate of drug-likeness (QED) is 0.401. The normalized spacial score (nSPS) is 25.2. The second kappa shape index (κ2) is 10.9. The van der Waals surface area contributed by atoms with Crippen molar-refractivity contribution in [2.24, 2.45) is 11.8 Å². The fourth-order valence-electron chi connectivity index (χ4n) is 2.89. The Labute approximate surface area is 137 Å². The van der Waals surface area contributed by atoms with Crippen LogP contribution in [-0.2, 0) is 9.47 Å². The molecule has 5 heteroatoms. The Morgan fingerprint density at radius 2 is 1.83 bits per heavy atom. The van der Waals surface area contributed by atoms with E-state index >= 15 is 0 Å². The maximum atomic E-state index is 13.3. The molecule has 0 spiro atoms. The predicted octanol–water partition coefficient (Wildman–Crippen LogP) is 5.65. The van der Waals surface area contributed by atoms with Crippen LogP contribution >= 0.6 is 0 Å². The SMILES string of the molecule is CCCCCC(CC)C1COC(/C(C)=C/C(F)=C(/F)CF)OC1. The number of halogens is 3. The van der Waals surface area contributed by atoms with Gasteiger partial charge < -0.3 is 9.47 Å². The number of hydrogen-bond acceptors (Lipinski definition) is 2. The first kappa shape index (κ1) is 20.2. The van der Waals surface area contributed by atoms with Gasteiger partial charge in [0.1, 0.15) is 6.67 Å². The Morgan fingerprint density at radius 3 is 2.35 bits per heavy atom. The van der Waals surface area contributed by atoms with E-state index in [0.29, 0.717) is 30.6 Å². The van der Waals surface area contributed by atoms with E-state index in [2.05, 4.69) is 13.8 Å². The number of ether oxygens (including phenoxy) is 2. The predicted molar refractivity (Wildman–Crippen MR) is 86.1 cm³/mol. The highest BCUT2D eigenvalue weighted by atomic mass is 19.2. The molecule has 2 nitrogen and oxygen atoms in total. The fourth-order valence-corrected chi connectivity index (χ4v) is 2.89. The molecule has 1 unspecified atom stereocenters. The molecular formula is C18H29F3O2. The monoisotopic (exact) mass is 334 g/mol. The van der Waals surface area contributed by atoms with Gasteiger partial charge in [-0.15, -0.1) is 0 Å². The second-order valence-electron chi connectivity index (χ2n) is 6.20. The molecule has 23 heavy (non-hydrogen) atoms. The first-order valence-electron chi connectivity index (χ1n) is 8.54. The van der Waals surface area contributed by atoms with Gasteiger partial charge >= 0.3 is 0 Å². The number of unbranched alkanes of at least 4 members (excludes halogenated alkanes) is 2. The topological polar surface area (TPSA) is 18.5 Å². The van der Waals surface area contributed by atoms with Crippen molar-refractivity contribution in [2.75, 3.05) is 19.9 Å². The number of alkyl halides is 1. The zero-order valence-electron chi connectivity index (χ0n) is 14.4. The van der Waals surface area contributed by atoms with Crippen LogP contribution in [0.3, 0.4) is 0 Å². The Balaban J connectivity index is 2.52. The molecule has 0 aromatic carbocycles. The van der Waals surface area contributed by atoms with E-state index in [1.807, 2.05) is 0 Å². The van der Waals surface area contributed by atoms with Crippen LogP contribution in [0.2, 0.25) is 0 Å². The lowest BCUT2D eigenvalue weighted by Gasteiger charge is -2.34. The van der Waals surface area contributed by atoms with Crippen LogP contribution in [-0.4, -0.2) is 26.2 Å². The zero-order valence-corrected chi connectivity index (χ0v) is 14.4. The third kappa shape index (κ3) is 6.68. The molecule has 1 aliphatic heterocycles. The zero-order chi connectivity index (χ0) is 17.2. The molecule has 1 atom stereocenters. The van der Waals surface area contributed by atoms with E-state index in [1.54, 1.807) is 6.92 Å². The molecule has 0 radical (unpaired) electrons. The van der Waals surface area contributed by atoms with E-state index in [4.69, 9.17) is 9.47 Å². The first-order valence-corrected chi connectivity index (χ1v) is 8.54. The van der Waals surface area contributed by atoms with Crippen LogP contribution in [0.4, 0.5) is 13.2 Å². The lowest BCUT2D eigenvalue weighted by molar-refractivity contribution is -0.189. The van der Waals surface area contributed by atoms with Crippen LogP contribution in [0, 0.1) is 11.8 Å². The summed E-state index contributed by atoms with van der Waals surface area (Å²) in [6, 6.07) is 0. The molecule has 0 aromatic rings. The highest BCUT2D eigenvalue weighted by Gasteiger charge is 2.28. The smallest absolute Gasteiger partial charge is 0.179 e. The molecule has 134 valence electrons. The van der Waals surface area contributed by atoms with Gasteiger partial charge in [0.15, 0.2) is 17.9 Å². The minimum atomic E-state index is -1.44. The molecule has 0 amide bonds. The van der Waals surface area contributed by atoms with Crippen molar-refractivity contribution >= 4 is 0 Å². The second-order valence-corrected chi connectivity index (χ2v) is 6.20. The molecule has 1 rings (SSSR count). The first-order chi connectivity index (χ1) is 11.0. The molecule has 1 heterocycles. The van der Waals surface area contributed by atoms with Crippen LogP contribution in [0.25, 0.3) is 0 Å². The summed E-state index contributed by atoms with van der Waals surface area (Å²) in [7, 11) is 0. The van der Waals surface area contributed by atoms with Gasteiger partial charge in [0, 0.05) is 5.92 Å². The largest absolute Gasteiger partial charge is 0.348 e. The van der Waals surface area contributed by atoms with Gasteiger partial charge in [0.25, 0.3) is 0 Å². The standard InChI is InChI=1S/C18H29F3O2/c1-4-6-7-8-14(5-2)15-11-22-18(23-12-15)13(3)9-16(20)17(21)10-19/h9,14-15,18H,4-8,10-12H2,1-3H3/b13-9+,17-16-. The van der Waals surface area contributed by atoms with Crippen molar-refractivity contribution in [2.45, 2.75) is 59.2 Å². The van der Waals surface area contributed by atoms with E-state index in [0.717, 1.165) is 12.5 Å². The Hall–Kier alpha value is -0.810. The summed E-state index contributed by atoms with van der Waals surface area (Å²) in [5, 5.41) is 0. The Kier molecular flexibility index (Phi) is 9.56. The van der Waals surface area contributed by atoms with Crippen LogP contribution < -0.4 is 0 Å². The minimum Gasteiger partial charge on any atom is -0.348 e. The molecule has 0 saturated carbocycles. The molecular weight excluding hydrogens is 305 g/mol. The van der Waals surface area contributed by atoms with Gasteiger partial charge in [-0.1, -0.05) is 46.0 Å². The van der Waals surface area contributed by atoms with Gasteiger partial charge in [-0.2, -0.15) is 0 Å². The minimum absolute atomic E-state index is 0.337. The van der Waals surface area contributed by atoms with Crippen LogP contribution in [0.5, 0.6) is 0 Å². The third-order valence-electron chi connectivity index (χ3n) is 4.40. The molecule has 0 aromatic heterocycles. The third-order valence-corrected chi connectivity index (χ3v) is 4.40. The van der Waals surface area contributed by atoms with Crippen molar-refractivity contribution in [1.82, 2.24) is 0 Å². The maximum Gasteiger partial charge on any atom is 0.179 e. The van der Waals surface area contributed by atoms with E-state index in [-0.39, 0.29) is 0 Å². The van der Waals surface area contributed by atoms with E-state index < -0.39 is 24.6 Å². The number of rotatable bonds is 9. The molecule has 1 fully saturated rings. The lowest BCUT2D eigenvalue weighted by atomic mass is 9.86. The Bertz CT molecular complexity index is 399. The van der Waals surface area contributed by atoms with Crippen molar-refractivity contribution < 1.29 is 22.6 Å². The van der Waals surface area contributed by atoms with Gasteiger partial charge in [-0.05, 0) is 24.5 Å². The van der Waals surface area contributed by atoms with Crippen molar-refractivity contribution in [1.29, 1.82) is 0 Å². The molecule has 1 saturated heterocycles. The van der Waals surface area contributed by atoms with Crippen molar-refractivity contribution in [3.8, 4) is 0 Å². The van der Waals surface area contributed by atoms with Crippen LogP contribution in [0.15, 0.2) is 23.3 Å². The summed E-state index contributed by atoms with van der Waals surface area (Å²) in [5.41, 5.74) is 0.406.